The molecule has 0 bridgehead atoms. The molecule has 2 N–H and O–H groups in total. The van der Waals surface area contributed by atoms with Gasteiger partial charge in [0.05, 0.1) is 11.3 Å². The van der Waals surface area contributed by atoms with Crippen molar-refractivity contribution in [3.63, 3.8) is 0 Å². The third-order valence-electron chi connectivity index (χ3n) is 6.15. The molecule has 0 amide bonds. The van der Waals surface area contributed by atoms with Crippen molar-refractivity contribution < 1.29 is 26.4 Å². The molecule has 7 nitrogen and oxygen atoms in total. The number of carbonyl (C=O) groups is 1. The third kappa shape index (κ3) is 4.35. The highest BCUT2D eigenvalue weighted by Gasteiger charge is 2.33. The zero-order valence-electron chi connectivity index (χ0n) is 19.1. The number of carbonyl (C=O) groups excluding carboxylic acids is 1. The van der Waals surface area contributed by atoms with Gasteiger partial charge in [-0.25, -0.2) is 18.2 Å². The first-order valence-corrected chi connectivity index (χ1v) is 12.6. The average molecular weight is 515 g/mol. The number of aromatic nitrogens is 2. The normalized spacial score (nSPS) is 16.5. The molecular weight excluding hydrogens is 493 g/mol. The number of benzene rings is 2. The highest BCUT2D eigenvalue weighted by molar-refractivity contribution is 7.90. The van der Waals surface area contributed by atoms with E-state index in [0.717, 1.165) is 27.6 Å². The topological polar surface area (TPSA) is 95.2 Å². The SMILES string of the molecule is Cc1ccc(-c2cnc3[nH]cc(C(=O)c4c(F)ccc(NS(=O)(=O)N5CC[C@H](F)C5)c4F)c3c2)cc1. The fourth-order valence-corrected chi connectivity index (χ4v) is 5.45. The first-order valence-electron chi connectivity index (χ1n) is 11.1. The molecule has 2 aromatic heterocycles. The van der Waals surface area contributed by atoms with Crippen LogP contribution < -0.4 is 4.72 Å². The van der Waals surface area contributed by atoms with Gasteiger partial charge in [0.25, 0.3) is 0 Å². The number of hydrogen-bond acceptors (Lipinski definition) is 4. The maximum Gasteiger partial charge on any atom is 0.301 e. The molecule has 36 heavy (non-hydrogen) atoms. The molecule has 1 aliphatic rings. The number of halogens is 3. The number of aryl methyl sites for hydroxylation is 1. The minimum atomic E-state index is -4.30. The van der Waals surface area contributed by atoms with Crippen molar-refractivity contribution in [2.75, 3.05) is 17.8 Å². The minimum Gasteiger partial charge on any atom is -0.345 e. The summed E-state index contributed by atoms with van der Waals surface area (Å²) in [5, 5.41) is 0.355. The highest BCUT2D eigenvalue weighted by Crippen LogP contribution is 2.30. The smallest absolute Gasteiger partial charge is 0.301 e. The molecule has 4 aromatic rings. The van der Waals surface area contributed by atoms with E-state index in [4.69, 9.17) is 0 Å². The summed E-state index contributed by atoms with van der Waals surface area (Å²) in [5.41, 5.74) is 1.42. The Labute approximate surface area is 205 Å². The molecule has 0 unspecified atom stereocenters. The van der Waals surface area contributed by atoms with Crippen molar-refractivity contribution in [2.24, 2.45) is 0 Å². The van der Waals surface area contributed by atoms with E-state index < -0.39 is 45.0 Å². The Morgan fingerprint density at radius 1 is 1.14 bits per heavy atom. The van der Waals surface area contributed by atoms with Gasteiger partial charge in [-0.1, -0.05) is 29.8 Å². The summed E-state index contributed by atoms with van der Waals surface area (Å²) in [6.45, 7) is 1.51. The first-order chi connectivity index (χ1) is 17.1. The molecule has 0 spiro atoms. The summed E-state index contributed by atoms with van der Waals surface area (Å²) in [5.74, 6) is -3.50. The molecule has 11 heteroatoms. The molecule has 1 aliphatic heterocycles. The fourth-order valence-electron chi connectivity index (χ4n) is 4.18. The van der Waals surface area contributed by atoms with Gasteiger partial charge in [-0.3, -0.25) is 9.52 Å². The van der Waals surface area contributed by atoms with Crippen molar-refractivity contribution in [1.82, 2.24) is 14.3 Å². The fraction of sp³-hybridized carbons (Fsp3) is 0.200. The molecule has 1 fully saturated rings. The Balaban J connectivity index is 1.52. The van der Waals surface area contributed by atoms with E-state index in [1.807, 2.05) is 35.9 Å². The summed E-state index contributed by atoms with van der Waals surface area (Å²) in [6, 6.07) is 11.0. The molecule has 0 radical (unpaired) electrons. The van der Waals surface area contributed by atoms with E-state index in [0.29, 0.717) is 16.6 Å². The number of ketones is 1. The second-order valence-electron chi connectivity index (χ2n) is 8.65. The van der Waals surface area contributed by atoms with E-state index in [-0.39, 0.29) is 25.1 Å². The van der Waals surface area contributed by atoms with Crippen LogP contribution in [-0.2, 0) is 10.2 Å². The predicted octanol–water partition coefficient (Wildman–Crippen LogP) is 4.75. The van der Waals surface area contributed by atoms with Crippen molar-refractivity contribution in [2.45, 2.75) is 19.5 Å². The van der Waals surface area contributed by atoms with E-state index in [9.17, 15) is 22.0 Å². The predicted molar refractivity (Wildman–Crippen MR) is 130 cm³/mol. The van der Waals surface area contributed by atoms with E-state index >= 15 is 4.39 Å². The lowest BCUT2D eigenvalue weighted by atomic mass is 9.99. The lowest BCUT2D eigenvalue weighted by molar-refractivity contribution is 0.103. The van der Waals surface area contributed by atoms with Gasteiger partial charge in [-0.15, -0.1) is 0 Å². The number of hydrogen-bond donors (Lipinski definition) is 2. The summed E-state index contributed by atoms with van der Waals surface area (Å²) in [4.78, 5) is 20.5. The van der Waals surface area contributed by atoms with Crippen LogP contribution in [0, 0.1) is 18.6 Å². The quantitative estimate of drug-likeness (QED) is 0.363. The second kappa shape index (κ2) is 9.07. The van der Waals surface area contributed by atoms with E-state index in [1.54, 1.807) is 12.3 Å². The van der Waals surface area contributed by atoms with Gasteiger partial charge in [-0.05, 0) is 37.1 Å². The highest BCUT2D eigenvalue weighted by atomic mass is 32.2. The Morgan fingerprint density at radius 2 is 1.89 bits per heavy atom. The number of nitrogens with zero attached hydrogens (tertiary/aromatic N) is 2. The Morgan fingerprint density at radius 3 is 2.58 bits per heavy atom. The first kappa shape index (κ1) is 24.0. The molecule has 3 heterocycles. The van der Waals surface area contributed by atoms with E-state index in [1.165, 1.54) is 6.20 Å². The lowest BCUT2D eigenvalue weighted by Gasteiger charge is -2.18. The van der Waals surface area contributed by atoms with Crippen LogP contribution in [0.5, 0.6) is 0 Å². The Bertz CT molecular complexity index is 1590. The zero-order chi connectivity index (χ0) is 25.6. The molecule has 1 atom stereocenters. The van der Waals surface area contributed by atoms with Crippen molar-refractivity contribution in [3.8, 4) is 11.1 Å². The van der Waals surface area contributed by atoms with Crippen molar-refractivity contribution in [3.05, 3.63) is 83.2 Å². The van der Waals surface area contributed by atoms with Crippen molar-refractivity contribution in [1.29, 1.82) is 0 Å². The molecule has 186 valence electrons. The van der Waals surface area contributed by atoms with Gasteiger partial charge >= 0.3 is 10.2 Å². The third-order valence-corrected chi connectivity index (χ3v) is 7.64. The van der Waals surface area contributed by atoms with Crippen LogP contribution in [0.25, 0.3) is 22.2 Å². The number of nitrogens with one attached hydrogen (secondary N) is 2. The summed E-state index contributed by atoms with van der Waals surface area (Å²) >= 11 is 0. The number of anilines is 1. The van der Waals surface area contributed by atoms with E-state index in [2.05, 4.69) is 9.97 Å². The molecule has 0 saturated carbocycles. The number of pyridine rings is 1. The van der Waals surface area contributed by atoms with Crippen LogP contribution in [0.15, 0.2) is 54.9 Å². The number of fused-ring (bicyclic) bond motifs is 1. The molecule has 2 aromatic carbocycles. The molecule has 0 aliphatic carbocycles. The van der Waals surface area contributed by atoms with Crippen LogP contribution >= 0.6 is 0 Å². The Hall–Kier alpha value is -3.70. The van der Waals surface area contributed by atoms with Crippen LogP contribution in [0.4, 0.5) is 18.9 Å². The van der Waals surface area contributed by atoms with Gasteiger partial charge in [-0.2, -0.15) is 12.7 Å². The Kier molecular flexibility index (Phi) is 6.05. The zero-order valence-corrected chi connectivity index (χ0v) is 19.9. The second-order valence-corrected chi connectivity index (χ2v) is 10.3. The summed E-state index contributed by atoms with van der Waals surface area (Å²) < 4.78 is 71.5. The standard InChI is InChI=1S/C25H21F3N4O3S/c1-14-2-4-15(5-3-14)16-10-18-19(12-30-25(18)29-11-16)24(33)22-20(27)6-7-21(23(22)28)31-36(34,35)32-9-8-17(26)13-32/h2-7,10-12,17,31H,8-9,13H2,1H3,(H,29,30)/t17-/m0/s1. The van der Waals surface area contributed by atoms with Crippen LogP contribution in [0.2, 0.25) is 0 Å². The molecule has 5 rings (SSSR count). The van der Waals surface area contributed by atoms with Gasteiger partial charge < -0.3 is 4.98 Å². The maximum absolute atomic E-state index is 15.3. The largest absolute Gasteiger partial charge is 0.345 e. The monoisotopic (exact) mass is 514 g/mol. The van der Waals surface area contributed by atoms with Crippen LogP contribution in [-0.4, -0.2) is 47.7 Å². The minimum absolute atomic E-state index is 0.0235. The molecule has 1 saturated heterocycles. The van der Waals surface area contributed by atoms with Gasteiger partial charge in [0.1, 0.15) is 17.6 Å². The number of alkyl halides is 1. The maximum atomic E-state index is 15.3. The van der Waals surface area contributed by atoms with Crippen molar-refractivity contribution >= 4 is 32.7 Å². The summed E-state index contributed by atoms with van der Waals surface area (Å²) in [6.07, 6.45) is 1.63. The number of aromatic amines is 1. The van der Waals surface area contributed by atoms with Gasteiger partial charge in [0.15, 0.2) is 5.82 Å². The van der Waals surface area contributed by atoms with Crippen LogP contribution in [0.3, 0.4) is 0 Å². The van der Waals surface area contributed by atoms with Gasteiger partial charge in [0.2, 0.25) is 5.78 Å². The lowest BCUT2D eigenvalue weighted by Crippen LogP contribution is -2.34. The average Bonchev–Trinajstić information content (AvgIpc) is 3.48. The summed E-state index contributed by atoms with van der Waals surface area (Å²) in [7, 11) is -4.30. The number of H-pyrrole nitrogens is 1. The molecular formula is C25H21F3N4O3S. The van der Waals surface area contributed by atoms with Gasteiger partial charge in [0, 0.05) is 42.0 Å². The van der Waals surface area contributed by atoms with Crippen LogP contribution in [0.1, 0.15) is 27.9 Å². The number of rotatable bonds is 6.